The molecule has 2 aliphatic rings. The Morgan fingerprint density at radius 2 is 1.86 bits per heavy atom. The van der Waals surface area contributed by atoms with Crippen LogP contribution in [-0.4, -0.2) is 64.8 Å². The second-order valence-corrected chi connectivity index (χ2v) is 10.7. The second kappa shape index (κ2) is 12.2. The number of rotatable bonds is 9. The van der Waals surface area contributed by atoms with Gasteiger partial charge in [0.2, 0.25) is 11.6 Å². The summed E-state index contributed by atoms with van der Waals surface area (Å²) in [6.07, 6.45) is 4.66. The molecule has 1 aromatic heterocycles. The number of aliphatic carboxylic acids is 1. The maximum atomic E-state index is 15.6. The number of nitrogens with two attached hydrogens (primary N) is 1. The standard InChI is InChI=1S/C30H32F2N6O5/c1-37-12-11-35-28(37)20-14-19(38(2)18-6-3-16(4-7-18)30(40)41)8-10-23(20)42-26-21(31)15-36-29(25(26)32)43-24-13-17(27(33)34)5-9-22(24)39/h5,8-11,13-16,18,28,39H,3-4,6-7,12H2,1-2H3,(H3,33,34)(H,40,41). The maximum Gasteiger partial charge on any atom is 0.306 e. The Morgan fingerprint density at radius 3 is 2.51 bits per heavy atom. The van der Waals surface area contributed by atoms with Gasteiger partial charge in [-0.2, -0.15) is 4.39 Å². The molecular weight excluding hydrogens is 562 g/mol. The molecule has 0 amide bonds. The molecule has 5 rings (SSSR count). The van der Waals surface area contributed by atoms with E-state index in [2.05, 4.69) is 14.9 Å². The zero-order chi connectivity index (χ0) is 30.8. The van der Waals surface area contributed by atoms with Crippen molar-refractivity contribution < 1.29 is 33.3 Å². The van der Waals surface area contributed by atoms with Crippen LogP contribution >= 0.6 is 0 Å². The first kappa shape index (κ1) is 29.7. The fraction of sp³-hybridized carbons (Fsp3) is 0.333. The molecule has 11 nitrogen and oxygen atoms in total. The number of anilines is 1. The number of carbonyl (C=O) groups is 1. The highest BCUT2D eigenvalue weighted by Gasteiger charge is 2.30. The highest BCUT2D eigenvalue weighted by molar-refractivity contribution is 5.95. The number of amidine groups is 1. The summed E-state index contributed by atoms with van der Waals surface area (Å²) in [5, 5.41) is 27.1. The average molecular weight is 595 g/mol. The third kappa shape index (κ3) is 6.21. The van der Waals surface area contributed by atoms with Gasteiger partial charge < -0.3 is 30.3 Å². The van der Waals surface area contributed by atoms with E-state index in [4.69, 9.17) is 20.6 Å². The number of nitrogen functional groups attached to an aromatic ring is 1. The van der Waals surface area contributed by atoms with Crippen molar-refractivity contribution in [3.05, 3.63) is 65.4 Å². The highest BCUT2D eigenvalue weighted by Crippen LogP contribution is 2.41. The fourth-order valence-electron chi connectivity index (χ4n) is 5.35. The predicted molar refractivity (Wildman–Crippen MR) is 156 cm³/mol. The third-order valence-electron chi connectivity index (χ3n) is 7.89. The van der Waals surface area contributed by atoms with Crippen LogP contribution in [-0.2, 0) is 4.79 Å². The van der Waals surface area contributed by atoms with Crippen molar-refractivity contribution in [3.63, 3.8) is 0 Å². The third-order valence-corrected chi connectivity index (χ3v) is 7.89. The van der Waals surface area contributed by atoms with Crippen molar-refractivity contribution in [2.24, 2.45) is 16.6 Å². The van der Waals surface area contributed by atoms with E-state index >= 15 is 4.39 Å². The van der Waals surface area contributed by atoms with Crippen molar-refractivity contribution in [1.29, 1.82) is 5.41 Å². The number of aliphatic imine (C=N–C) groups is 1. The van der Waals surface area contributed by atoms with Gasteiger partial charge in [-0.3, -0.25) is 20.1 Å². The summed E-state index contributed by atoms with van der Waals surface area (Å²) < 4.78 is 41.9. The number of carboxylic acids is 1. The lowest BCUT2D eigenvalue weighted by Crippen LogP contribution is -2.36. The smallest absolute Gasteiger partial charge is 0.306 e. The second-order valence-electron chi connectivity index (χ2n) is 10.7. The van der Waals surface area contributed by atoms with Gasteiger partial charge in [-0.25, -0.2) is 9.37 Å². The van der Waals surface area contributed by atoms with Crippen LogP contribution in [0.4, 0.5) is 14.5 Å². The van der Waals surface area contributed by atoms with E-state index in [1.165, 1.54) is 18.2 Å². The van der Waals surface area contributed by atoms with E-state index < -0.39 is 35.4 Å². The Morgan fingerprint density at radius 1 is 1.12 bits per heavy atom. The Bertz CT molecular complexity index is 1580. The van der Waals surface area contributed by atoms with Crippen molar-refractivity contribution in [1.82, 2.24) is 9.88 Å². The number of nitrogens with one attached hydrogen (secondary N) is 1. The predicted octanol–water partition coefficient (Wildman–Crippen LogP) is 5.03. The lowest BCUT2D eigenvalue weighted by atomic mass is 9.85. The van der Waals surface area contributed by atoms with Gasteiger partial charge in [0.1, 0.15) is 17.8 Å². The molecule has 1 fully saturated rings. The van der Waals surface area contributed by atoms with Crippen LogP contribution in [0.3, 0.4) is 0 Å². The summed E-state index contributed by atoms with van der Waals surface area (Å²) in [6.45, 7) is 0.572. The molecule has 43 heavy (non-hydrogen) atoms. The number of benzene rings is 2. The molecule has 3 aromatic rings. The van der Waals surface area contributed by atoms with Gasteiger partial charge in [0, 0.05) is 42.7 Å². The van der Waals surface area contributed by atoms with Crippen LogP contribution in [0.5, 0.6) is 28.9 Å². The van der Waals surface area contributed by atoms with Crippen LogP contribution in [0.1, 0.15) is 43.0 Å². The van der Waals surface area contributed by atoms with Gasteiger partial charge in [-0.05, 0) is 69.1 Å². The van der Waals surface area contributed by atoms with Gasteiger partial charge in [-0.1, -0.05) is 0 Å². The van der Waals surface area contributed by atoms with Crippen LogP contribution in [0.25, 0.3) is 0 Å². The van der Waals surface area contributed by atoms with Crippen LogP contribution < -0.4 is 20.1 Å². The molecule has 1 unspecified atom stereocenters. The Balaban J connectivity index is 1.45. The number of aromatic hydroxyl groups is 1. The van der Waals surface area contributed by atoms with Gasteiger partial charge >= 0.3 is 5.97 Å². The normalized spacial score (nSPS) is 20.1. The average Bonchev–Trinajstić information content (AvgIpc) is 3.42. The molecule has 1 saturated carbocycles. The molecular formula is C30H32F2N6O5. The monoisotopic (exact) mass is 594 g/mol. The molecule has 13 heteroatoms. The molecule has 1 aliphatic carbocycles. The molecule has 0 radical (unpaired) electrons. The van der Waals surface area contributed by atoms with E-state index in [1.807, 2.05) is 25.1 Å². The summed E-state index contributed by atoms with van der Waals surface area (Å²) in [5.41, 5.74) is 7.12. The molecule has 0 spiro atoms. The first-order chi connectivity index (χ1) is 20.5. The topological polar surface area (TPSA) is 158 Å². The lowest BCUT2D eigenvalue weighted by molar-refractivity contribution is -0.142. The first-order valence-corrected chi connectivity index (χ1v) is 13.7. The minimum atomic E-state index is -1.24. The zero-order valence-electron chi connectivity index (χ0n) is 23.6. The molecule has 1 aliphatic heterocycles. The number of hydrogen-bond acceptors (Lipinski definition) is 9. The largest absolute Gasteiger partial charge is 0.504 e. The molecule has 5 N–H and O–H groups in total. The molecule has 2 aromatic carbocycles. The number of carboxylic acid groups (broad SMARTS) is 1. The van der Waals surface area contributed by atoms with Gasteiger partial charge in [0.05, 0.1) is 12.1 Å². The lowest BCUT2D eigenvalue weighted by Gasteiger charge is -2.35. The van der Waals surface area contributed by atoms with E-state index in [-0.39, 0.29) is 40.6 Å². The Kier molecular flexibility index (Phi) is 8.44. The Labute approximate surface area is 246 Å². The quantitative estimate of drug-likeness (QED) is 0.197. The van der Waals surface area contributed by atoms with Crippen molar-refractivity contribution in [2.45, 2.75) is 37.9 Å². The maximum absolute atomic E-state index is 15.6. The van der Waals surface area contributed by atoms with Gasteiger partial charge in [-0.15, -0.1) is 0 Å². The summed E-state index contributed by atoms with van der Waals surface area (Å²) in [7, 11) is 3.81. The number of aromatic nitrogens is 1. The van der Waals surface area contributed by atoms with Crippen molar-refractivity contribution in [2.75, 3.05) is 25.5 Å². The zero-order valence-corrected chi connectivity index (χ0v) is 23.6. The number of nitrogens with zero attached hydrogens (tertiary/aromatic N) is 4. The summed E-state index contributed by atoms with van der Waals surface area (Å²) in [5.74, 6) is -5.55. The summed E-state index contributed by atoms with van der Waals surface area (Å²) in [4.78, 5) is 23.6. The highest BCUT2D eigenvalue weighted by atomic mass is 19.1. The molecule has 0 bridgehead atoms. The van der Waals surface area contributed by atoms with Crippen molar-refractivity contribution in [3.8, 4) is 28.9 Å². The van der Waals surface area contributed by atoms with E-state index in [0.717, 1.165) is 24.7 Å². The summed E-state index contributed by atoms with van der Waals surface area (Å²) in [6, 6.07) is 9.24. The number of halogens is 2. The summed E-state index contributed by atoms with van der Waals surface area (Å²) >= 11 is 0. The molecule has 1 atom stereocenters. The number of hydrogen-bond donors (Lipinski definition) is 4. The van der Waals surface area contributed by atoms with E-state index in [9.17, 15) is 19.4 Å². The van der Waals surface area contributed by atoms with Crippen LogP contribution in [0.2, 0.25) is 0 Å². The van der Waals surface area contributed by atoms with Crippen LogP contribution in [0, 0.1) is 23.0 Å². The van der Waals surface area contributed by atoms with Crippen LogP contribution in [0.15, 0.2) is 47.6 Å². The number of pyridine rings is 1. The number of phenolic OH excluding ortho intramolecular Hbond substituents is 1. The minimum Gasteiger partial charge on any atom is -0.504 e. The number of ether oxygens (including phenoxy) is 2. The SMILES string of the molecule is CN1CC=NC1c1cc(N(C)C2CCC(C(=O)O)CC2)ccc1Oc1c(F)cnc(Oc2cc(C(=N)N)ccc2O)c1F. The van der Waals surface area contributed by atoms with Gasteiger partial charge in [0.15, 0.2) is 17.3 Å². The first-order valence-electron chi connectivity index (χ1n) is 13.7. The Hall–Kier alpha value is -4.78. The van der Waals surface area contributed by atoms with Crippen molar-refractivity contribution >= 4 is 23.7 Å². The van der Waals surface area contributed by atoms with Gasteiger partial charge in [0.25, 0.3) is 5.88 Å². The molecule has 226 valence electrons. The molecule has 2 heterocycles. The van der Waals surface area contributed by atoms with E-state index in [0.29, 0.717) is 24.9 Å². The molecule has 0 saturated heterocycles. The fourth-order valence-corrected chi connectivity index (χ4v) is 5.35. The number of phenols is 1. The minimum absolute atomic E-state index is 0.132. The van der Waals surface area contributed by atoms with E-state index in [1.54, 1.807) is 18.3 Å².